The highest BCUT2D eigenvalue weighted by atomic mass is 32.1. The monoisotopic (exact) mass is 426 g/mol. The Hall–Kier alpha value is -3.79. The first-order valence-electron chi connectivity index (χ1n) is 8.92. The predicted octanol–water partition coefficient (Wildman–Crippen LogP) is 1.74. The molecule has 0 atom stereocenters. The highest BCUT2D eigenvalue weighted by Crippen LogP contribution is 2.16. The van der Waals surface area contributed by atoms with Gasteiger partial charge in [-0.2, -0.15) is 5.10 Å². The van der Waals surface area contributed by atoms with Crippen molar-refractivity contribution >= 4 is 29.4 Å². The minimum atomic E-state index is -0.581. The maximum Gasteiger partial charge on any atom is 0.353 e. The first-order chi connectivity index (χ1) is 14.4. The van der Waals surface area contributed by atoms with Crippen LogP contribution in [0, 0.1) is 6.92 Å². The quantitative estimate of drug-likeness (QED) is 0.229. The lowest BCUT2D eigenvalue weighted by Crippen LogP contribution is -2.28. The van der Waals surface area contributed by atoms with Gasteiger partial charge in [0.05, 0.1) is 6.21 Å². The second-order valence-corrected chi connectivity index (χ2v) is 7.19. The number of esters is 1. The number of aromatic amines is 2. The lowest BCUT2D eigenvalue weighted by molar-refractivity contribution is -0.121. The third-order valence-corrected chi connectivity index (χ3v) is 4.92. The zero-order chi connectivity index (χ0) is 21.5. The van der Waals surface area contributed by atoms with Gasteiger partial charge in [0.1, 0.15) is 10.6 Å². The van der Waals surface area contributed by atoms with Crippen LogP contribution in [0.3, 0.4) is 0 Å². The number of aryl methyl sites for hydroxylation is 1. The van der Waals surface area contributed by atoms with Gasteiger partial charge in [-0.05, 0) is 54.6 Å². The van der Waals surface area contributed by atoms with E-state index in [1.165, 1.54) is 17.6 Å². The van der Waals surface area contributed by atoms with Crippen LogP contribution >= 0.6 is 11.3 Å². The smallest absolute Gasteiger partial charge is 0.353 e. The van der Waals surface area contributed by atoms with Crippen LogP contribution < -0.4 is 21.4 Å². The van der Waals surface area contributed by atoms with Crippen LogP contribution in [0.15, 0.2) is 56.5 Å². The van der Waals surface area contributed by atoms with E-state index >= 15 is 0 Å². The number of ether oxygens (including phenoxy) is 1. The van der Waals surface area contributed by atoms with Gasteiger partial charge < -0.3 is 9.72 Å². The summed E-state index contributed by atoms with van der Waals surface area (Å²) in [4.78, 5) is 51.9. The van der Waals surface area contributed by atoms with Gasteiger partial charge in [0.2, 0.25) is 5.91 Å². The molecule has 3 rings (SSSR count). The second-order valence-electron chi connectivity index (χ2n) is 6.24. The van der Waals surface area contributed by atoms with Gasteiger partial charge in [-0.15, -0.1) is 11.3 Å². The number of hydrogen-bond donors (Lipinski definition) is 3. The normalized spacial score (nSPS) is 10.8. The first kappa shape index (κ1) is 20.9. The molecule has 0 bridgehead atoms. The summed E-state index contributed by atoms with van der Waals surface area (Å²) in [5.41, 5.74) is 2.76. The van der Waals surface area contributed by atoms with Gasteiger partial charge in [-0.3, -0.25) is 14.6 Å². The van der Waals surface area contributed by atoms with E-state index in [0.29, 0.717) is 27.4 Å². The Bertz CT molecular complexity index is 1180. The van der Waals surface area contributed by atoms with Gasteiger partial charge in [0, 0.05) is 17.7 Å². The van der Waals surface area contributed by atoms with Crippen molar-refractivity contribution in [2.75, 3.05) is 0 Å². The zero-order valence-corrected chi connectivity index (χ0v) is 16.7. The van der Waals surface area contributed by atoms with Crippen LogP contribution in [0.1, 0.15) is 32.9 Å². The molecule has 0 unspecified atom stereocenters. The Labute approximate surface area is 174 Å². The van der Waals surface area contributed by atoms with Crippen molar-refractivity contribution in [2.45, 2.75) is 19.8 Å². The van der Waals surface area contributed by atoms with Crippen molar-refractivity contribution < 1.29 is 14.3 Å². The van der Waals surface area contributed by atoms with E-state index in [1.54, 1.807) is 48.7 Å². The first-order valence-corrected chi connectivity index (χ1v) is 9.80. The Morgan fingerprint density at radius 2 is 1.93 bits per heavy atom. The number of hydrazone groups is 1. The summed E-state index contributed by atoms with van der Waals surface area (Å²) >= 11 is 1.30. The molecule has 3 N–H and O–H groups in total. The molecule has 0 saturated heterocycles. The second kappa shape index (κ2) is 9.61. The fourth-order valence-electron chi connectivity index (χ4n) is 2.57. The molecule has 0 aliphatic carbocycles. The molecule has 0 spiro atoms. The third kappa shape index (κ3) is 5.61. The minimum absolute atomic E-state index is 0.0327. The van der Waals surface area contributed by atoms with E-state index in [2.05, 4.69) is 20.5 Å². The van der Waals surface area contributed by atoms with E-state index < -0.39 is 17.2 Å². The fourth-order valence-corrected chi connectivity index (χ4v) is 3.17. The van der Waals surface area contributed by atoms with E-state index in [1.807, 2.05) is 0 Å². The molecule has 0 aliphatic heterocycles. The molecule has 10 heteroatoms. The van der Waals surface area contributed by atoms with Crippen LogP contribution in [0.5, 0.6) is 5.75 Å². The Kier molecular flexibility index (Phi) is 6.71. The highest BCUT2D eigenvalue weighted by molar-refractivity contribution is 7.12. The summed E-state index contributed by atoms with van der Waals surface area (Å²) in [5, 5.41) is 5.67. The molecular weight excluding hydrogens is 408 g/mol. The van der Waals surface area contributed by atoms with Gasteiger partial charge in [0.25, 0.3) is 5.56 Å². The van der Waals surface area contributed by atoms with Crippen molar-refractivity contribution in [3.05, 3.63) is 84.3 Å². The lowest BCUT2D eigenvalue weighted by atomic mass is 10.1. The summed E-state index contributed by atoms with van der Waals surface area (Å²) in [7, 11) is 0. The summed E-state index contributed by atoms with van der Waals surface area (Å²) in [5.74, 6) is -0.399. The summed E-state index contributed by atoms with van der Waals surface area (Å²) < 4.78 is 5.26. The zero-order valence-electron chi connectivity index (χ0n) is 15.9. The summed E-state index contributed by atoms with van der Waals surface area (Å²) in [6.07, 6.45) is 1.65. The number of aromatic nitrogens is 2. The minimum Gasteiger partial charge on any atom is -0.422 e. The van der Waals surface area contributed by atoms with Gasteiger partial charge >= 0.3 is 11.7 Å². The van der Waals surface area contributed by atoms with Gasteiger partial charge in [0.15, 0.2) is 0 Å². The molecule has 2 aromatic heterocycles. The van der Waals surface area contributed by atoms with Gasteiger partial charge in [-0.25, -0.2) is 15.0 Å². The highest BCUT2D eigenvalue weighted by Gasteiger charge is 2.10. The van der Waals surface area contributed by atoms with Crippen molar-refractivity contribution in [3.8, 4) is 5.75 Å². The molecule has 3 aromatic rings. The van der Waals surface area contributed by atoms with Crippen molar-refractivity contribution in [1.82, 2.24) is 15.4 Å². The molecule has 0 fully saturated rings. The molecule has 0 aliphatic rings. The molecule has 0 radical (unpaired) electrons. The number of benzene rings is 1. The van der Waals surface area contributed by atoms with E-state index in [4.69, 9.17) is 4.74 Å². The predicted molar refractivity (Wildman–Crippen MR) is 112 cm³/mol. The van der Waals surface area contributed by atoms with Crippen LogP contribution in [0.4, 0.5) is 0 Å². The number of carbonyl (C=O) groups excluding carboxylic acids is 2. The number of hydrogen-bond acceptors (Lipinski definition) is 7. The molecule has 9 nitrogen and oxygen atoms in total. The van der Waals surface area contributed by atoms with Crippen molar-refractivity contribution in [3.63, 3.8) is 0 Å². The molecule has 30 heavy (non-hydrogen) atoms. The SMILES string of the molecule is Cc1[nH]c(=O)[nH]c(=O)c1CCC(=O)N/N=C/c1ccc(OC(=O)c2cccs2)cc1. The van der Waals surface area contributed by atoms with Crippen LogP contribution in [-0.4, -0.2) is 28.1 Å². The maximum absolute atomic E-state index is 11.9. The standard InChI is InChI=1S/C20H18N4O5S/c1-12-15(18(26)23-20(28)22-12)8-9-17(25)24-21-11-13-4-6-14(7-5-13)29-19(27)16-3-2-10-30-16/h2-7,10-11H,8-9H2,1H3,(H,24,25)(H2,22,23,26,28)/b21-11+. The lowest BCUT2D eigenvalue weighted by Gasteiger charge is -2.04. The Morgan fingerprint density at radius 3 is 2.60 bits per heavy atom. The third-order valence-electron chi connectivity index (χ3n) is 4.07. The topological polar surface area (TPSA) is 133 Å². The average molecular weight is 426 g/mol. The average Bonchev–Trinajstić information content (AvgIpc) is 3.23. The number of nitrogens with zero attached hydrogens (tertiary/aromatic N) is 1. The van der Waals surface area contributed by atoms with E-state index in [9.17, 15) is 19.2 Å². The number of amides is 1. The maximum atomic E-state index is 11.9. The molecule has 0 saturated carbocycles. The molecule has 2 heterocycles. The number of rotatable bonds is 7. The number of carbonyl (C=O) groups is 2. The largest absolute Gasteiger partial charge is 0.422 e. The summed E-state index contributed by atoms with van der Waals surface area (Å²) in [6.45, 7) is 1.60. The molecule has 154 valence electrons. The Morgan fingerprint density at radius 1 is 1.17 bits per heavy atom. The van der Waals surface area contributed by atoms with E-state index in [0.717, 1.165) is 0 Å². The molecule has 1 amide bonds. The van der Waals surface area contributed by atoms with Gasteiger partial charge in [-0.1, -0.05) is 6.07 Å². The van der Waals surface area contributed by atoms with Crippen LogP contribution in [-0.2, 0) is 11.2 Å². The fraction of sp³-hybridized carbons (Fsp3) is 0.150. The summed E-state index contributed by atoms with van der Waals surface area (Å²) in [6, 6.07) is 10.1. The van der Waals surface area contributed by atoms with E-state index in [-0.39, 0.29) is 18.7 Å². The Balaban J connectivity index is 1.49. The molecular formula is C20H18N4O5S. The number of thiophene rings is 1. The number of nitrogens with one attached hydrogen (secondary N) is 3. The van der Waals surface area contributed by atoms with Crippen LogP contribution in [0.2, 0.25) is 0 Å². The number of H-pyrrole nitrogens is 2. The van der Waals surface area contributed by atoms with Crippen LogP contribution in [0.25, 0.3) is 0 Å². The van der Waals surface area contributed by atoms with Crippen molar-refractivity contribution in [2.24, 2.45) is 5.10 Å². The molecule has 1 aromatic carbocycles. The van der Waals surface area contributed by atoms with Crippen molar-refractivity contribution in [1.29, 1.82) is 0 Å².